The van der Waals surface area contributed by atoms with Crippen molar-refractivity contribution in [1.82, 2.24) is 0 Å². The second kappa shape index (κ2) is 4.11. The van der Waals surface area contributed by atoms with Crippen LogP contribution in [0.2, 0.25) is 0 Å². The van der Waals surface area contributed by atoms with Gasteiger partial charge in [-0.1, -0.05) is 30.3 Å². The molecule has 0 saturated carbocycles. The average Bonchev–Trinajstić information content (AvgIpc) is 2.56. The SMILES string of the molecule is C[C@@]1(O)C[C@@H](c2ccccc2)S[C@@H]1C(=O)O. The first-order chi connectivity index (χ1) is 7.50. The van der Waals surface area contributed by atoms with Gasteiger partial charge in [0.05, 0.1) is 5.60 Å². The van der Waals surface area contributed by atoms with Gasteiger partial charge in [-0.3, -0.25) is 4.79 Å². The molecule has 0 amide bonds. The number of carbonyl (C=O) groups is 1. The minimum absolute atomic E-state index is 0.0669. The molecule has 0 bridgehead atoms. The third-order valence-corrected chi connectivity index (χ3v) is 4.61. The van der Waals surface area contributed by atoms with Crippen LogP contribution in [0.5, 0.6) is 0 Å². The highest BCUT2D eigenvalue weighted by molar-refractivity contribution is 8.01. The fraction of sp³-hybridized carbons (Fsp3) is 0.417. The van der Waals surface area contributed by atoms with Gasteiger partial charge < -0.3 is 10.2 Å². The Morgan fingerprint density at radius 2 is 2.06 bits per heavy atom. The van der Waals surface area contributed by atoms with Crippen molar-refractivity contribution < 1.29 is 15.0 Å². The molecule has 0 spiro atoms. The van der Waals surface area contributed by atoms with E-state index >= 15 is 0 Å². The molecule has 0 aromatic heterocycles. The normalized spacial score (nSPS) is 33.9. The summed E-state index contributed by atoms with van der Waals surface area (Å²) in [6.45, 7) is 1.60. The van der Waals surface area contributed by atoms with E-state index < -0.39 is 16.8 Å². The maximum absolute atomic E-state index is 11.0. The average molecular weight is 238 g/mol. The molecule has 1 aromatic carbocycles. The van der Waals surface area contributed by atoms with Crippen molar-refractivity contribution in [2.75, 3.05) is 0 Å². The molecule has 0 unspecified atom stereocenters. The van der Waals surface area contributed by atoms with E-state index in [1.54, 1.807) is 6.92 Å². The predicted octanol–water partition coefficient (Wildman–Crippen LogP) is 2.07. The van der Waals surface area contributed by atoms with E-state index in [9.17, 15) is 9.90 Å². The summed E-state index contributed by atoms with van der Waals surface area (Å²) in [7, 11) is 0. The number of aliphatic carboxylic acids is 1. The van der Waals surface area contributed by atoms with Crippen molar-refractivity contribution in [3.8, 4) is 0 Å². The second-order valence-electron chi connectivity index (χ2n) is 4.31. The number of thioether (sulfide) groups is 1. The van der Waals surface area contributed by atoms with Crippen LogP contribution in [-0.4, -0.2) is 27.0 Å². The Labute approximate surface area is 98.5 Å². The lowest BCUT2D eigenvalue weighted by Crippen LogP contribution is -2.38. The fourth-order valence-corrected chi connectivity index (χ4v) is 3.61. The molecule has 3 nitrogen and oxygen atoms in total. The Morgan fingerprint density at radius 1 is 1.44 bits per heavy atom. The van der Waals surface area contributed by atoms with E-state index in [1.807, 2.05) is 30.3 Å². The third kappa shape index (κ3) is 2.08. The first-order valence-electron chi connectivity index (χ1n) is 5.16. The first kappa shape index (κ1) is 11.5. The minimum Gasteiger partial charge on any atom is -0.480 e. The van der Waals surface area contributed by atoms with Crippen molar-refractivity contribution >= 4 is 17.7 Å². The summed E-state index contributed by atoms with van der Waals surface area (Å²) in [4.78, 5) is 11.0. The minimum atomic E-state index is -1.13. The zero-order valence-corrected chi connectivity index (χ0v) is 9.78. The van der Waals surface area contributed by atoms with E-state index in [0.29, 0.717) is 6.42 Å². The molecule has 1 heterocycles. The number of aliphatic hydroxyl groups is 1. The van der Waals surface area contributed by atoms with Gasteiger partial charge in [-0.25, -0.2) is 0 Å². The molecule has 0 aliphatic carbocycles. The van der Waals surface area contributed by atoms with Crippen molar-refractivity contribution in [2.45, 2.75) is 29.4 Å². The second-order valence-corrected chi connectivity index (χ2v) is 5.63. The highest BCUT2D eigenvalue weighted by Gasteiger charge is 2.47. The van der Waals surface area contributed by atoms with Gasteiger partial charge in [0.1, 0.15) is 5.25 Å². The van der Waals surface area contributed by atoms with E-state index in [2.05, 4.69) is 0 Å². The van der Waals surface area contributed by atoms with Crippen LogP contribution in [0.25, 0.3) is 0 Å². The van der Waals surface area contributed by atoms with Gasteiger partial charge in [0, 0.05) is 5.25 Å². The molecule has 0 radical (unpaired) electrons. The molecular weight excluding hydrogens is 224 g/mol. The van der Waals surface area contributed by atoms with E-state index in [1.165, 1.54) is 11.8 Å². The lowest BCUT2D eigenvalue weighted by atomic mass is 9.94. The molecule has 1 aliphatic heterocycles. The third-order valence-electron chi connectivity index (χ3n) is 2.86. The topological polar surface area (TPSA) is 57.5 Å². The fourth-order valence-electron chi connectivity index (χ4n) is 2.03. The Morgan fingerprint density at radius 3 is 2.56 bits per heavy atom. The van der Waals surface area contributed by atoms with Crippen LogP contribution in [0.15, 0.2) is 30.3 Å². The number of carboxylic acids is 1. The number of rotatable bonds is 2. The Kier molecular flexibility index (Phi) is 2.95. The first-order valence-corrected chi connectivity index (χ1v) is 6.10. The van der Waals surface area contributed by atoms with Crippen molar-refractivity contribution in [2.24, 2.45) is 0 Å². The largest absolute Gasteiger partial charge is 0.480 e. The molecule has 4 heteroatoms. The van der Waals surface area contributed by atoms with Crippen LogP contribution >= 0.6 is 11.8 Å². The lowest BCUT2D eigenvalue weighted by molar-refractivity contribution is -0.140. The molecule has 1 fully saturated rings. The molecule has 16 heavy (non-hydrogen) atoms. The summed E-state index contributed by atoms with van der Waals surface area (Å²) in [5.74, 6) is -0.937. The molecule has 1 aliphatic rings. The summed E-state index contributed by atoms with van der Waals surface area (Å²) in [6.07, 6.45) is 0.485. The molecule has 2 N–H and O–H groups in total. The monoisotopic (exact) mass is 238 g/mol. The molecular formula is C12H14O3S. The standard InChI is InChI=1S/C12H14O3S/c1-12(15)7-9(16-10(12)11(13)14)8-5-3-2-4-6-8/h2-6,9-10,15H,7H2,1H3,(H,13,14)/t9-,10+,12+/m0/s1. The number of carboxylic acid groups (broad SMARTS) is 1. The van der Waals surface area contributed by atoms with Crippen molar-refractivity contribution in [3.05, 3.63) is 35.9 Å². The maximum Gasteiger partial charge on any atom is 0.319 e. The van der Waals surface area contributed by atoms with Crippen molar-refractivity contribution in [1.29, 1.82) is 0 Å². The molecule has 3 atom stereocenters. The van der Waals surface area contributed by atoms with E-state index in [0.717, 1.165) is 5.56 Å². The summed E-state index contributed by atoms with van der Waals surface area (Å²) < 4.78 is 0. The summed E-state index contributed by atoms with van der Waals surface area (Å²) in [5.41, 5.74) is -0.0479. The zero-order valence-electron chi connectivity index (χ0n) is 8.96. The van der Waals surface area contributed by atoms with Gasteiger partial charge in [0.2, 0.25) is 0 Å². The van der Waals surface area contributed by atoms with E-state index in [4.69, 9.17) is 5.11 Å². The molecule has 1 saturated heterocycles. The Bertz CT molecular complexity index is 389. The molecule has 2 rings (SSSR count). The van der Waals surface area contributed by atoms with Gasteiger partial charge in [-0.2, -0.15) is 0 Å². The van der Waals surface area contributed by atoms with Gasteiger partial charge in [-0.05, 0) is 18.9 Å². The lowest BCUT2D eigenvalue weighted by Gasteiger charge is -2.20. The van der Waals surface area contributed by atoms with Gasteiger partial charge >= 0.3 is 5.97 Å². The van der Waals surface area contributed by atoms with Crippen LogP contribution in [0.1, 0.15) is 24.2 Å². The van der Waals surface area contributed by atoms with Gasteiger partial charge in [0.25, 0.3) is 0 Å². The van der Waals surface area contributed by atoms with E-state index in [-0.39, 0.29) is 5.25 Å². The summed E-state index contributed by atoms with van der Waals surface area (Å²) in [6, 6.07) is 9.73. The molecule has 1 aromatic rings. The van der Waals surface area contributed by atoms with Gasteiger partial charge in [-0.15, -0.1) is 11.8 Å². The summed E-state index contributed by atoms with van der Waals surface area (Å²) in [5, 5.41) is 18.4. The number of hydrogen-bond donors (Lipinski definition) is 2. The Balaban J connectivity index is 2.21. The smallest absolute Gasteiger partial charge is 0.319 e. The van der Waals surface area contributed by atoms with Crippen LogP contribution in [-0.2, 0) is 4.79 Å². The van der Waals surface area contributed by atoms with Crippen LogP contribution in [0, 0.1) is 0 Å². The highest BCUT2D eigenvalue weighted by Crippen LogP contribution is 2.50. The van der Waals surface area contributed by atoms with Gasteiger partial charge in [0.15, 0.2) is 0 Å². The predicted molar refractivity (Wildman–Crippen MR) is 63.4 cm³/mol. The number of benzene rings is 1. The van der Waals surface area contributed by atoms with Crippen molar-refractivity contribution in [3.63, 3.8) is 0 Å². The quantitative estimate of drug-likeness (QED) is 0.828. The summed E-state index contributed by atoms with van der Waals surface area (Å²) >= 11 is 1.33. The molecule has 86 valence electrons. The Hall–Kier alpha value is -1.00. The zero-order chi connectivity index (χ0) is 11.8. The maximum atomic E-state index is 11.0. The highest BCUT2D eigenvalue weighted by atomic mass is 32.2. The number of hydrogen-bond acceptors (Lipinski definition) is 3. The van der Waals surface area contributed by atoms with Crippen LogP contribution < -0.4 is 0 Å². The van der Waals surface area contributed by atoms with Crippen LogP contribution in [0.3, 0.4) is 0 Å². The van der Waals surface area contributed by atoms with Crippen LogP contribution in [0.4, 0.5) is 0 Å².